The fourth-order valence-corrected chi connectivity index (χ4v) is 6.06. The molecular formula is C15H25O4P. The van der Waals surface area contributed by atoms with Crippen LogP contribution in [0.2, 0.25) is 0 Å². The van der Waals surface area contributed by atoms with Crippen LogP contribution in [0.4, 0.5) is 0 Å². The molecule has 20 heavy (non-hydrogen) atoms. The molecule has 2 fully saturated rings. The van der Waals surface area contributed by atoms with Crippen molar-refractivity contribution in [2.75, 3.05) is 6.16 Å². The van der Waals surface area contributed by atoms with Gasteiger partial charge in [0.05, 0.1) is 6.16 Å². The summed E-state index contributed by atoms with van der Waals surface area (Å²) in [5.74, 6) is -0.773. The van der Waals surface area contributed by atoms with Gasteiger partial charge in [-0.25, -0.2) is 4.79 Å². The lowest BCUT2D eigenvalue weighted by molar-refractivity contribution is -0.132. The van der Waals surface area contributed by atoms with Crippen molar-refractivity contribution < 1.29 is 19.4 Å². The van der Waals surface area contributed by atoms with Crippen molar-refractivity contribution in [3.63, 3.8) is 0 Å². The van der Waals surface area contributed by atoms with Crippen LogP contribution in [-0.2, 0) is 9.36 Å². The average molecular weight is 300 g/mol. The van der Waals surface area contributed by atoms with E-state index in [2.05, 4.69) is 0 Å². The lowest BCUT2D eigenvalue weighted by atomic mass is 9.88. The van der Waals surface area contributed by atoms with Gasteiger partial charge in [0, 0.05) is 11.2 Å². The highest BCUT2D eigenvalue weighted by Gasteiger charge is 2.56. The van der Waals surface area contributed by atoms with Gasteiger partial charge in [-0.1, -0.05) is 39.2 Å². The minimum absolute atomic E-state index is 0.112. The molecule has 0 amide bonds. The molecular weight excluding hydrogens is 275 g/mol. The topological polar surface area (TPSA) is 74.6 Å². The fourth-order valence-electron chi connectivity index (χ4n) is 3.26. The second-order valence-electron chi connectivity index (χ2n) is 7.02. The van der Waals surface area contributed by atoms with Gasteiger partial charge in [0.1, 0.15) is 0 Å². The van der Waals surface area contributed by atoms with E-state index < -0.39 is 13.3 Å². The highest BCUT2D eigenvalue weighted by molar-refractivity contribution is 7.59. The second-order valence-corrected chi connectivity index (χ2v) is 9.47. The zero-order valence-electron chi connectivity index (χ0n) is 12.3. The van der Waals surface area contributed by atoms with Crippen LogP contribution >= 0.6 is 7.37 Å². The molecule has 0 saturated heterocycles. The smallest absolute Gasteiger partial charge is 0.331 e. The molecule has 114 valence electrons. The van der Waals surface area contributed by atoms with Crippen LogP contribution in [0.5, 0.6) is 0 Å². The SMILES string of the molecule is CC1(C)CC1P(=O)(O)C/C(=C\C1CCCCC1)C(=O)O. The Morgan fingerprint density at radius 1 is 1.30 bits per heavy atom. The van der Waals surface area contributed by atoms with Crippen molar-refractivity contribution in [3.05, 3.63) is 11.6 Å². The van der Waals surface area contributed by atoms with Crippen LogP contribution in [0, 0.1) is 11.3 Å². The third-order valence-corrected chi connectivity index (χ3v) is 7.36. The quantitative estimate of drug-likeness (QED) is 0.600. The van der Waals surface area contributed by atoms with E-state index in [1.165, 1.54) is 6.42 Å². The number of hydrogen-bond acceptors (Lipinski definition) is 2. The zero-order valence-corrected chi connectivity index (χ0v) is 13.2. The molecule has 0 aromatic carbocycles. The molecule has 5 heteroatoms. The normalized spacial score (nSPS) is 29.8. The highest BCUT2D eigenvalue weighted by atomic mass is 31.2. The fraction of sp³-hybridized carbons (Fsp3) is 0.800. The first-order valence-corrected chi connectivity index (χ1v) is 9.39. The summed E-state index contributed by atoms with van der Waals surface area (Å²) in [5, 5.41) is 9.30. The molecule has 0 aromatic heterocycles. The minimum Gasteiger partial charge on any atom is -0.478 e. The maximum atomic E-state index is 12.4. The van der Waals surface area contributed by atoms with Crippen molar-refractivity contribution in [1.29, 1.82) is 0 Å². The molecule has 0 bridgehead atoms. The first-order valence-electron chi connectivity index (χ1n) is 7.48. The Kier molecular flexibility index (Phi) is 4.46. The Morgan fingerprint density at radius 2 is 1.85 bits per heavy atom. The van der Waals surface area contributed by atoms with Gasteiger partial charge in [0.15, 0.2) is 0 Å². The van der Waals surface area contributed by atoms with Crippen molar-refractivity contribution in [1.82, 2.24) is 0 Å². The molecule has 2 atom stereocenters. The predicted molar refractivity (Wildman–Crippen MR) is 79.2 cm³/mol. The summed E-state index contributed by atoms with van der Waals surface area (Å²) in [6, 6.07) is 0. The highest BCUT2D eigenvalue weighted by Crippen LogP contribution is 2.67. The molecule has 0 heterocycles. The van der Waals surface area contributed by atoms with Crippen molar-refractivity contribution >= 4 is 13.3 Å². The summed E-state index contributed by atoms with van der Waals surface area (Å²) >= 11 is 0. The molecule has 2 saturated carbocycles. The maximum absolute atomic E-state index is 12.4. The van der Waals surface area contributed by atoms with Gasteiger partial charge in [-0.2, -0.15) is 0 Å². The Bertz CT molecular complexity index is 460. The first kappa shape index (κ1) is 15.8. The monoisotopic (exact) mass is 300 g/mol. The summed E-state index contributed by atoms with van der Waals surface area (Å²) < 4.78 is 12.4. The molecule has 0 aromatic rings. The number of carboxylic acids is 1. The number of hydrogen-bond donors (Lipinski definition) is 2. The van der Waals surface area contributed by atoms with Gasteiger partial charge in [-0.3, -0.25) is 4.57 Å². The Balaban J connectivity index is 2.07. The third kappa shape index (κ3) is 3.73. The van der Waals surface area contributed by atoms with E-state index in [9.17, 15) is 19.4 Å². The van der Waals surface area contributed by atoms with E-state index in [-0.39, 0.29) is 28.7 Å². The summed E-state index contributed by atoms with van der Waals surface area (Å²) in [5.41, 5.74) is -0.201. The molecule has 2 aliphatic carbocycles. The van der Waals surface area contributed by atoms with Gasteiger partial charge in [0.25, 0.3) is 0 Å². The van der Waals surface area contributed by atoms with Crippen LogP contribution < -0.4 is 0 Å². The second kappa shape index (κ2) is 5.65. The summed E-state index contributed by atoms with van der Waals surface area (Å²) in [6.45, 7) is 3.93. The van der Waals surface area contributed by atoms with E-state index in [0.29, 0.717) is 0 Å². The minimum atomic E-state index is -3.40. The number of allylic oxidation sites excluding steroid dienone is 1. The molecule has 2 aliphatic rings. The summed E-state index contributed by atoms with van der Waals surface area (Å²) in [6.07, 6.45) is 7.76. The lowest BCUT2D eigenvalue weighted by Crippen LogP contribution is -2.13. The van der Waals surface area contributed by atoms with E-state index >= 15 is 0 Å². The number of rotatable bonds is 5. The van der Waals surface area contributed by atoms with Crippen LogP contribution in [0.15, 0.2) is 11.6 Å². The molecule has 0 aliphatic heterocycles. The van der Waals surface area contributed by atoms with Gasteiger partial charge in [-0.15, -0.1) is 0 Å². The van der Waals surface area contributed by atoms with Crippen LogP contribution in [0.3, 0.4) is 0 Å². The van der Waals surface area contributed by atoms with Gasteiger partial charge >= 0.3 is 5.97 Å². The number of carboxylic acid groups (broad SMARTS) is 1. The average Bonchev–Trinajstić information content (AvgIpc) is 3.00. The van der Waals surface area contributed by atoms with Crippen LogP contribution in [0.25, 0.3) is 0 Å². The van der Waals surface area contributed by atoms with E-state index in [1.807, 2.05) is 13.8 Å². The lowest BCUT2D eigenvalue weighted by Gasteiger charge is -2.20. The predicted octanol–water partition coefficient (Wildman–Crippen LogP) is 3.65. The van der Waals surface area contributed by atoms with E-state index in [4.69, 9.17) is 0 Å². The number of aliphatic carboxylic acids is 1. The molecule has 2 N–H and O–H groups in total. The third-order valence-electron chi connectivity index (χ3n) is 4.71. The van der Waals surface area contributed by atoms with Crippen molar-refractivity contribution in [3.8, 4) is 0 Å². The van der Waals surface area contributed by atoms with Gasteiger partial charge in [-0.05, 0) is 30.6 Å². The Hall–Kier alpha value is -0.600. The van der Waals surface area contributed by atoms with E-state index in [1.54, 1.807) is 6.08 Å². The molecule has 2 unspecified atom stereocenters. The standard InChI is InChI=1S/C15H25O4P/c1-15(2)9-13(15)20(18,19)10-12(14(16)17)8-11-6-4-3-5-7-11/h8,11,13H,3-7,9-10H2,1-2H3,(H,16,17)(H,18,19)/b12-8+. The Morgan fingerprint density at radius 3 is 2.30 bits per heavy atom. The number of carbonyl (C=O) groups is 1. The molecule has 0 spiro atoms. The summed E-state index contributed by atoms with van der Waals surface area (Å²) in [4.78, 5) is 21.5. The van der Waals surface area contributed by atoms with Crippen LogP contribution in [0.1, 0.15) is 52.4 Å². The summed E-state index contributed by atoms with van der Waals surface area (Å²) in [7, 11) is -3.40. The maximum Gasteiger partial charge on any atom is 0.331 e. The van der Waals surface area contributed by atoms with Crippen LogP contribution in [-0.4, -0.2) is 27.8 Å². The zero-order chi connectivity index (χ0) is 15.0. The molecule has 4 nitrogen and oxygen atoms in total. The molecule has 0 radical (unpaired) electrons. The van der Waals surface area contributed by atoms with Gasteiger partial charge < -0.3 is 10.00 Å². The van der Waals surface area contributed by atoms with Crippen molar-refractivity contribution in [2.24, 2.45) is 11.3 Å². The first-order chi connectivity index (χ1) is 9.22. The van der Waals surface area contributed by atoms with Gasteiger partial charge in [0.2, 0.25) is 7.37 Å². The van der Waals surface area contributed by atoms with E-state index in [0.717, 1.165) is 32.1 Å². The largest absolute Gasteiger partial charge is 0.478 e. The van der Waals surface area contributed by atoms with Crippen molar-refractivity contribution in [2.45, 2.75) is 58.0 Å². The molecule has 2 rings (SSSR count). The Labute approximate surface area is 120 Å².